The predicted molar refractivity (Wildman–Crippen MR) is 103 cm³/mol. The van der Waals surface area contributed by atoms with Crippen LogP contribution >= 0.6 is 11.6 Å². The minimum atomic E-state index is -0.151. The Bertz CT molecular complexity index is 744. The van der Waals surface area contributed by atoms with E-state index >= 15 is 0 Å². The lowest BCUT2D eigenvalue weighted by molar-refractivity contribution is 0.0184. The number of rotatable bonds is 4. The number of halogens is 1. The van der Waals surface area contributed by atoms with Crippen molar-refractivity contribution in [2.45, 2.75) is 31.3 Å². The third kappa shape index (κ3) is 3.84. The van der Waals surface area contributed by atoms with E-state index in [9.17, 15) is 4.79 Å². The van der Waals surface area contributed by atoms with Gasteiger partial charge in [-0.15, -0.1) is 0 Å². The molecule has 2 N–H and O–H groups in total. The van der Waals surface area contributed by atoms with Gasteiger partial charge in [-0.05, 0) is 74.2 Å². The Kier molecular flexibility index (Phi) is 5.09. The number of amides is 2. The number of piperidine rings is 3. The Morgan fingerprint density at radius 2 is 1.96 bits per heavy atom. The number of carbonyl (C=O) groups is 1. The van der Waals surface area contributed by atoms with E-state index in [1.54, 1.807) is 18.3 Å². The Hall–Kier alpha value is -2.11. The number of nitrogens with zero attached hydrogens (tertiary/aromatic N) is 2. The molecule has 3 aliphatic heterocycles. The second-order valence-corrected chi connectivity index (χ2v) is 7.57. The van der Waals surface area contributed by atoms with Gasteiger partial charge in [0.1, 0.15) is 0 Å². The van der Waals surface area contributed by atoms with Gasteiger partial charge in [0.15, 0.2) is 0 Å². The third-order valence-corrected chi connectivity index (χ3v) is 5.79. The van der Waals surface area contributed by atoms with Crippen molar-refractivity contribution in [3.8, 4) is 0 Å². The summed E-state index contributed by atoms with van der Waals surface area (Å²) in [5, 5.41) is 6.82. The summed E-state index contributed by atoms with van der Waals surface area (Å²) in [6.07, 6.45) is 6.93. The highest BCUT2D eigenvalue weighted by Crippen LogP contribution is 2.34. The fraction of sp³-hybridized carbons (Fsp3) is 0.400. The molecule has 1 aromatic heterocycles. The second-order valence-electron chi connectivity index (χ2n) is 7.14. The normalized spacial score (nSPS) is 27.1. The number of urea groups is 1. The molecule has 26 heavy (non-hydrogen) atoms. The smallest absolute Gasteiger partial charge is 0.319 e. The summed E-state index contributed by atoms with van der Waals surface area (Å²) in [5.74, 6) is 0.539. The van der Waals surface area contributed by atoms with Gasteiger partial charge in [-0.25, -0.2) is 4.79 Å². The zero-order chi connectivity index (χ0) is 17.9. The molecule has 136 valence electrons. The summed E-state index contributed by atoms with van der Waals surface area (Å²) in [6, 6.07) is 11.6. The van der Waals surface area contributed by atoms with Crippen molar-refractivity contribution in [2.75, 3.05) is 18.4 Å². The van der Waals surface area contributed by atoms with Crippen molar-refractivity contribution >= 4 is 23.3 Å². The standard InChI is InChI=1S/C20H23ClN4O/c21-16-3-5-17(6-4-16)23-20(26)24-19-15-7-10-25(11-8-15)18(19)12-14-2-1-9-22-13-14/h1-6,9,13,15,18-19H,7-8,10-12H2,(H2,23,24,26)/t18-,19-/m1/s1. The Balaban J connectivity index is 1.45. The fourth-order valence-electron chi connectivity index (χ4n) is 4.23. The molecule has 2 bridgehead atoms. The second kappa shape index (κ2) is 7.64. The Morgan fingerprint density at radius 3 is 2.65 bits per heavy atom. The number of hydrogen-bond acceptors (Lipinski definition) is 3. The van der Waals surface area contributed by atoms with Crippen LogP contribution in [-0.2, 0) is 6.42 Å². The lowest BCUT2D eigenvalue weighted by Gasteiger charge is -2.51. The first-order valence-corrected chi connectivity index (χ1v) is 9.53. The molecule has 2 atom stereocenters. The molecule has 2 amide bonds. The van der Waals surface area contributed by atoms with Crippen LogP contribution in [0.1, 0.15) is 18.4 Å². The molecule has 3 aliphatic rings. The molecule has 5 nitrogen and oxygen atoms in total. The molecule has 2 aromatic rings. The van der Waals surface area contributed by atoms with Crippen LogP contribution in [0.2, 0.25) is 5.02 Å². The Labute approximate surface area is 158 Å². The summed E-state index contributed by atoms with van der Waals surface area (Å²) in [4.78, 5) is 19.3. The molecule has 0 unspecified atom stereocenters. The summed E-state index contributed by atoms with van der Waals surface area (Å²) in [7, 11) is 0. The number of aromatic nitrogens is 1. The van der Waals surface area contributed by atoms with Gasteiger partial charge in [0.05, 0.1) is 0 Å². The highest BCUT2D eigenvalue weighted by atomic mass is 35.5. The van der Waals surface area contributed by atoms with Gasteiger partial charge < -0.3 is 10.6 Å². The molecule has 3 fully saturated rings. The van der Waals surface area contributed by atoms with Gasteiger partial charge in [0.25, 0.3) is 0 Å². The van der Waals surface area contributed by atoms with Crippen molar-refractivity contribution in [1.82, 2.24) is 15.2 Å². The molecule has 6 heteroatoms. The summed E-state index contributed by atoms with van der Waals surface area (Å²) >= 11 is 5.90. The highest BCUT2D eigenvalue weighted by Gasteiger charge is 2.42. The molecular weight excluding hydrogens is 348 g/mol. The van der Waals surface area contributed by atoms with Crippen LogP contribution in [-0.4, -0.2) is 41.1 Å². The zero-order valence-electron chi connectivity index (χ0n) is 14.6. The molecular formula is C20H23ClN4O. The summed E-state index contributed by atoms with van der Waals surface area (Å²) in [5.41, 5.74) is 1.96. The number of hydrogen-bond donors (Lipinski definition) is 2. The van der Waals surface area contributed by atoms with Crippen LogP contribution in [0.5, 0.6) is 0 Å². The first-order valence-electron chi connectivity index (χ1n) is 9.15. The van der Waals surface area contributed by atoms with Crippen LogP contribution in [0.25, 0.3) is 0 Å². The SMILES string of the molecule is O=C(Nc1ccc(Cl)cc1)N[C@@H]1C2CCN(CC2)[C@@H]1Cc1cccnc1. The maximum Gasteiger partial charge on any atom is 0.319 e. The van der Waals surface area contributed by atoms with E-state index in [4.69, 9.17) is 11.6 Å². The molecule has 0 aliphatic carbocycles. The van der Waals surface area contributed by atoms with E-state index in [2.05, 4.69) is 26.6 Å². The number of fused-ring (bicyclic) bond motifs is 3. The average molecular weight is 371 g/mol. The molecule has 3 saturated heterocycles. The number of pyridine rings is 1. The van der Waals surface area contributed by atoms with Crippen LogP contribution in [0.3, 0.4) is 0 Å². The van der Waals surface area contributed by atoms with E-state index in [0.717, 1.165) is 38.0 Å². The van der Waals surface area contributed by atoms with E-state index in [0.29, 0.717) is 17.0 Å². The average Bonchev–Trinajstić information content (AvgIpc) is 2.67. The molecule has 0 radical (unpaired) electrons. The number of nitrogens with one attached hydrogen (secondary N) is 2. The molecule has 5 rings (SSSR count). The van der Waals surface area contributed by atoms with E-state index in [1.165, 1.54) is 5.56 Å². The van der Waals surface area contributed by atoms with Crippen molar-refractivity contribution in [1.29, 1.82) is 0 Å². The molecule has 0 spiro atoms. The quantitative estimate of drug-likeness (QED) is 0.865. The zero-order valence-corrected chi connectivity index (χ0v) is 15.3. The number of benzene rings is 1. The van der Waals surface area contributed by atoms with E-state index in [-0.39, 0.29) is 12.1 Å². The van der Waals surface area contributed by atoms with Gasteiger partial charge in [-0.1, -0.05) is 17.7 Å². The van der Waals surface area contributed by atoms with Crippen molar-refractivity contribution in [3.63, 3.8) is 0 Å². The predicted octanol–water partition coefficient (Wildman–Crippen LogP) is 3.56. The van der Waals surface area contributed by atoms with Gasteiger partial charge in [0.2, 0.25) is 0 Å². The number of anilines is 1. The van der Waals surface area contributed by atoms with Crippen LogP contribution < -0.4 is 10.6 Å². The van der Waals surface area contributed by atoms with Crippen LogP contribution in [0.15, 0.2) is 48.8 Å². The topological polar surface area (TPSA) is 57.3 Å². The van der Waals surface area contributed by atoms with Crippen molar-refractivity contribution < 1.29 is 4.79 Å². The Morgan fingerprint density at radius 1 is 1.19 bits per heavy atom. The highest BCUT2D eigenvalue weighted by molar-refractivity contribution is 6.30. The maximum absolute atomic E-state index is 12.6. The first-order chi connectivity index (χ1) is 12.7. The first kappa shape index (κ1) is 17.3. The van der Waals surface area contributed by atoms with Gasteiger partial charge in [0, 0.05) is 35.2 Å². The molecule has 1 aromatic carbocycles. The minimum absolute atomic E-state index is 0.151. The summed E-state index contributed by atoms with van der Waals surface area (Å²) in [6.45, 7) is 2.24. The number of carbonyl (C=O) groups excluding carboxylic acids is 1. The lowest BCUT2D eigenvalue weighted by Crippen LogP contribution is -2.64. The third-order valence-electron chi connectivity index (χ3n) is 5.53. The van der Waals surface area contributed by atoms with E-state index < -0.39 is 0 Å². The van der Waals surface area contributed by atoms with Gasteiger partial charge >= 0.3 is 6.03 Å². The largest absolute Gasteiger partial charge is 0.333 e. The van der Waals surface area contributed by atoms with Gasteiger partial charge in [-0.2, -0.15) is 0 Å². The van der Waals surface area contributed by atoms with Crippen LogP contribution in [0.4, 0.5) is 10.5 Å². The van der Waals surface area contributed by atoms with Crippen molar-refractivity contribution in [3.05, 3.63) is 59.4 Å². The maximum atomic E-state index is 12.6. The fourth-order valence-corrected chi connectivity index (χ4v) is 4.36. The minimum Gasteiger partial charge on any atom is -0.333 e. The van der Waals surface area contributed by atoms with E-state index in [1.807, 2.05) is 24.4 Å². The summed E-state index contributed by atoms with van der Waals surface area (Å²) < 4.78 is 0. The molecule has 4 heterocycles. The van der Waals surface area contributed by atoms with Crippen LogP contribution in [0, 0.1) is 5.92 Å². The van der Waals surface area contributed by atoms with Crippen molar-refractivity contribution in [2.24, 2.45) is 5.92 Å². The lowest BCUT2D eigenvalue weighted by atomic mass is 9.77. The molecule has 0 saturated carbocycles. The monoisotopic (exact) mass is 370 g/mol. The van der Waals surface area contributed by atoms with Gasteiger partial charge in [-0.3, -0.25) is 9.88 Å².